The van der Waals surface area contributed by atoms with Crippen molar-refractivity contribution in [3.05, 3.63) is 59.7 Å². The minimum atomic E-state index is -0.0934. The molecule has 5 heteroatoms. The molecular weight excluding hydrogens is 314 g/mol. The number of rotatable bonds is 5. The maximum atomic E-state index is 12.2. The van der Waals surface area contributed by atoms with Gasteiger partial charge < -0.3 is 15.1 Å². The molecular formula is C20H23N3O2. The Balaban J connectivity index is 1.57. The summed E-state index contributed by atoms with van der Waals surface area (Å²) in [5, 5.41) is 2.93. The van der Waals surface area contributed by atoms with Crippen molar-refractivity contribution in [1.29, 1.82) is 0 Å². The molecule has 0 radical (unpaired) electrons. The molecule has 130 valence electrons. The molecule has 1 heterocycles. The van der Waals surface area contributed by atoms with Gasteiger partial charge in [-0.1, -0.05) is 12.1 Å². The molecule has 0 bridgehead atoms. The molecule has 1 saturated heterocycles. The van der Waals surface area contributed by atoms with Crippen LogP contribution in [-0.4, -0.2) is 32.5 Å². The summed E-state index contributed by atoms with van der Waals surface area (Å²) in [6, 6.07) is 15.3. The minimum Gasteiger partial charge on any atom is -0.378 e. The lowest BCUT2D eigenvalue weighted by molar-refractivity contribution is -0.117. The van der Waals surface area contributed by atoms with Crippen molar-refractivity contribution in [3.63, 3.8) is 0 Å². The third-order valence-corrected chi connectivity index (χ3v) is 4.42. The maximum absolute atomic E-state index is 12.2. The summed E-state index contributed by atoms with van der Waals surface area (Å²) < 4.78 is 0. The normalized spacial score (nSPS) is 13.8. The molecule has 2 aromatic carbocycles. The topological polar surface area (TPSA) is 52.7 Å². The first kappa shape index (κ1) is 17.0. The van der Waals surface area contributed by atoms with Crippen LogP contribution in [0.1, 0.15) is 28.8 Å². The SMILES string of the molecule is CN(C)c1ccc(C(=O)NCc2ccc(N3CCCC3=O)cc2)cc1. The molecule has 5 nitrogen and oxygen atoms in total. The lowest BCUT2D eigenvalue weighted by Crippen LogP contribution is -2.24. The molecule has 1 N–H and O–H groups in total. The number of carbonyl (C=O) groups excluding carboxylic acids is 2. The van der Waals surface area contributed by atoms with Crippen LogP contribution in [0, 0.1) is 0 Å². The first-order valence-corrected chi connectivity index (χ1v) is 8.49. The molecule has 0 atom stereocenters. The highest BCUT2D eigenvalue weighted by molar-refractivity contribution is 5.95. The molecule has 0 unspecified atom stereocenters. The molecule has 0 spiro atoms. The van der Waals surface area contributed by atoms with Crippen molar-refractivity contribution in [2.45, 2.75) is 19.4 Å². The Labute approximate surface area is 148 Å². The van der Waals surface area contributed by atoms with Crippen molar-refractivity contribution in [2.75, 3.05) is 30.4 Å². The fraction of sp³-hybridized carbons (Fsp3) is 0.300. The van der Waals surface area contributed by atoms with E-state index in [0.29, 0.717) is 18.5 Å². The summed E-state index contributed by atoms with van der Waals surface area (Å²) in [5.74, 6) is 0.0892. The molecule has 2 amide bonds. The van der Waals surface area contributed by atoms with Crippen LogP contribution in [0.4, 0.5) is 11.4 Å². The lowest BCUT2D eigenvalue weighted by atomic mass is 10.1. The smallest absolute Gasteiger partial charge is 0.251 e. The molecule has 25 heavy (non-hydrogen) atoms. The second-order valence-corrected chi connectivity index (χ2v) is 6.44. The number of carbonyl (C=O) groups is 2. The van der Waals surface area contributed by atoms with Crippen LogP contribution >= 0.6 is 0 Å². The second kappa shape index (κ2) is 7.38. The predicted molar refractivity (Wildman–Crippen MR) is 100.0 cm³/mol. The number of nitrogens with one attached hydrogen (secondary N) is 1. The monoisotopic (exact) mass is 337 g/mol. The van der Waals surface area contributed by atoms with Crippen LogP contribution in [0.15, 0.2) is 48.5 Å². The molecule has 0 aliphatic carbocycles. The fourth-order valence-corrected chi connectivity index (χ4v) is 2.91. The first-order valence-electron chi connectivity index (χ1n) is 8.49. The Hall–Kier alpha value is -2.82. The lowest BCUT2D eigenvalue weighted by Gasteiger charge is -2.16. The maximum Gasteiger partial charge on any atom is 0.251 e. The summed E-state index contributed by atoms with van der Waals surface area (Å²) in [4.78, 5) is 27.8. The van der Waals surface area contributed by atoms with E-state index in [-0.39, 0.29) is 11.8 Å². The number of amides is 2. The van der Waals surface area contributed by atoms with E-state index in [2.05, 4.69) is 5.32 Å². The number of hydrogen-bond acceptors (Lipinski definition) is 3. The van der Waals surface area contributed by atoms with Crippen molar-refractivity contribution < 1.29 is 9.59 Å². The van der Waals surface area contributed by atoms with Crippen LogP contribution in [0.3, 0.4) is 0 Å². The zero-order valence-electron chi connectivity index (χ0n) is 14.7. The van der Waals surface area contributed by atoms with Crippen molar-refractivity contribution in [1.82, 2.24) is 5.32 Å². The molecule has 1 aliphatic rings. The molecule has 0 aromatic heterocycles. The Bertz CT molecular complexity index is 752. The van der Waals surface area contributed by atoms with Gasteiger partial charge in [0.25, 0.3) is 5.91 Å². The standard InChI is InChI=1S/C20H23N3O2/c1-22(2)17-11-7-16(8-12-17)20(25)21-14-15-5-9-18(10-6-15)23-13-3-4-19(23)24/h5-12H,3-4,13-14H2,1-2H3,(H,21,25). The molecule has 0 saturated carbocycles. The van der Waals surface area contributed by atoms with Gasteiger partial charge in [-0.25, -0.2) is 0 Å². The number of anilines is 2. The van der Waals surface area contributed by atoms with Gasteiger partial charge in [-0.15, -0.1) is 0 Å². The quantitative estimate of drug-likeness (QED) is 0.913. The van der Waals surface area contributed by atoms with Crippen LogP contribution in [-0.2, 0) is 11.3 Å². The van der Waals surface area contributed by atoms with E-state index in [1.165, 1.54) is 0 Å². The number of benzene rings is 2. The van der Waals surface area contributed by atoms with Gasteiger partial charge in [-0.05, 0) is 48.4 Å². The summed E-state index contributed by atoms with van der Waals surface area (Å²) in [7, 11) is 3.93. The molecule has 1 aliphatic heterocycles. The average Bonchev–Trinajstić information content (AvgIpc) is 3.06. The Kier molecular flexibility index (Phi) is 5.03. The summed E-state index contributed by atoms with van der Waals surface area (Å²) in [5.41, 5.74) is 3.64. The first-order chi connectivity index (χ1) is 12.0. The van der Waals surface area contributed by atoms with Crippen LogP contribution < -0.4 is 15.1 Å². The largest absolute Gasteiger partial charge is 0.378 e. The van der Waals surface area contributed by atoms with Crippen molar-refractivity contribution in [3.8, 4) is 0 Å². The number of nitrogens with zero attached hydrogens (tertiary/aromatic N) is 2. The van der Waals surface area contributed by atoms with Crippen molar-refractivity contribution >= 4 is 23.2 Å². The highest BCUT2D eigenvalue weighted by atomic mass is 16.2. The molecule has 1 fully saturated rings. The molecule has 3 rings (SSSR count). The highest BCUT2D eigenvalue weighted by Crippen LogP contribution is 2.21. The zero-order chi connectivity index (χ0) is 17.8. The van der Waals surface area contributed by atoms with E-state index >= 15 is 0 Å². The average molecular weight is 337 g/mol. The number of hydrogen-bond donors (Lipinski definition) is 1. The van der Waals surface area contributed by atoms with E-state index in [0.717, 1.165) is 29.9 Å². The summed E-state index contributed by atoms with van der Waals surface area (Å²) >= 11 is 0. The van der Waals surface area contributed by atoms with Gasteiger partial charge in [0.15, 0.2) is 0 Å². The van der Waals surface area contributed by atoms with E-state index in [1.54, 1.807) is 0 Å². The highest BCUT2D eigenvalue weighted by Gasteiger charge is 2.21. The van der Waals surface area contributed by atoms with Gasteiger partial charge in [0, 0.05) is 50.5 Å². The van der Waals surface area contributed by atoms with Gasteiger partial charge >= 0.3 is 0 Å². The summed E-state index contributed by atoms with van der Waals surface area (Å²) in [6.45, 7) is 1.25. The Morgan fingerprint density at radius 1 is 1.08 bits per heavy atom. The summed E-state index contributed by atoms with van der Waals surface area (Å²) in [6.07, 6.45) is 1.55. The van der Waals surface area contributed by atoms with Crippen LogP contribution in [0.25, 0.3) is 0 Å². The van der Waals surface area contributed by atoms with E-state index in [1.807, 2.05) is 72.4 Å². The van der Waals surface area contributed by atoms with Gasteiger partial charge in [-0.2, -0.15) is 0 Å². The minimum absolute atomic E-state index is 0.0934. The Morgan fingerprint density at radius 3 is 2.32 bits per heavy atom. The predicted octanol–water partition coefficient (Wildman–Crippen LogP) is 2.81. The van der Waals surface area contributed by atoms with Crippen molar-refractivity contribution in [2.24, 2.45) is 0 Å². The van der Waals surface area contributed by atoms with E-state index in [9.17, 15) is 9.59 Å². The second-order valence-electron chi connectivity index (χ2n) is 6.44. The van der Waals surface area contributed by atoms with E-state index in [4.69, 9.17) is 0 Å². The zero-order valence-corrected chi connectivity index (χ0v) is 14.7. The van der Waals surface area contributed by atoms with Gasteiger partial charge in [0.05, 0.1) is 0 Å². The molecule has 2 aromatic rings. The fourth-order valence-electron chi connectivity index (χ4n) is 2.91. The van der Waals surface area contributed by atoms with Crippen LogP contribution in [0.5, 0.6) is 0 Å². The van der Waals surface area contributed by atoms with Gasteiger partial charge in [0.1, 0.15) is 0 Å². The third-order valence-electron chi connectivity index (χ3n) is 4.42. The van der Waals surface area contributed by atoms with E-state index < -0.39 is 0 Å². The van der Waals surface area contributed by atoms with Gasteiger partial charge in [0.2, 0.25) is 5.91 Å². The third kappa shape index (κ3) is 3.99. The van der Waals surface area contributed by atoms with Crippen LogP contribution in [0.2, 0.25) is 0 Å². The van der Waals surface area contributed by atoms with Gasteiger partial charge in [-0.3, -0.25) is 9.59 Å². The Morgan fingerprint density at radius 2 is 1.76 bits per heavy atom.